The molecule has 0 spiro atoms. The first-order valence-electron chi connectivity index (χ1n) is 11.4. The first-order chi connectivity index (χ1) is 14.2. The van der Waals surface area contributed by atoms with Gasteiger partial charge in [-0.1, -0.05) is 45.4 Å². The summed E-state index contributed by atoms with van der Waals surface area (Å²) in [7, 11) is 0. The largest absolute Gasteiger partial charge is 0.481 e. The summed E-state index contributed by atoms with van der Waals surface area (Å²) in [5, 5.41) is 28.9. The fourth-order valence-electron chi connectivity index (χ4n) is 4.87. The zero-order valence-electron chi connectivity index (χ0n) is 18.5. The van der Waals surface area contributed by atoms with E-state index in [9.17, 15) is 19.8 Å². The van der Waals surface area contributed by atoms with Crippen molar-refractivity contribution in [3.05, 3.63) is 23.8 Å². The summed E-state index contributed by atoms with van der Waals surface area (Å²) in [5.41, 5.74) is 1.21. The smallest absolute Gasteiger partial charge is 0.308 e. The highest BCUT2D eigenvalue weighted by molar-refractivity contribution is 5.72. The number of allylic oxidation sites excluding steroid dienone is 3. The number of aliphatic hydroxyl groups is 2. The van der Waals surface area contributed by atoms with Crippen LogP contribution in [0.5, 0.6) is 0 Å². The monoisotopic (exact) mass is 422 g/mol. The predicted molar refractivity (Wildman–Crippen MR) is 115 cm³/mol. The average Bonchev–Trinajstić information content (AvgIpc) is 2.66. The molecule has 0 aromatic heterocycles. The number of aliphatic hydroxyl groups excluding tert-OH is 2. The second-order valence-electron chi connectivity index (χ2n) is 9.07. The third-order valence-corrected chi connectivity index (χ3v) is 6.52. The highest BCUT2D eigenvalue weighted by Crippen LogP contribution is 2.44. The van der Waals surface area contributed by atoms with Gasteiger partial charge in [0.15, 0.2) is 0 Å². The van der Waals surface area contributed by atoms with Crippen molar-refractivity contribution < 1.29 is 29.6 Å². The number of carbonyl (C=O) groups excluding carboxylic acids is 1. The van der Waals surface area contributed by atoms with Crippen molar-refractivity contribution >= 4 is 11.9 Å². The predicted octanol–water partition coefficient (Wildman–Crippen LogP) is 3.86. The molecule has 30 heavy (non-hydrogen) atoms. The number of ether oxygens (including phenoxy) is 1. The van der Waals surface area contributed by atoms with Crippen LogP contribution >= 0.6 is 0 Å². The molecule has 0 amide bonds. The number of rotatable bonds is 11. The third kappa shape index (κ3) is 6.95. The van der Waals surface area contributed by atoms with Crippen molar-refractivity contribution in [3.8, 4) is 0 Å². The second-order valence-corrected chi connectivity index (χ2v) is 9.07. The first-order valence-corrected chi connectivity index (χ1v) is 11.4. The van der Waals surface area contributed by atoms with E-state index in [2.05, 4.69) is 32.1 Å². The van der Waals surface area contributed by atoms with E-state index in [4.69, 9.17) is 9.84 Å². The Bertz CT molecular complexity index is 640. The van der Waals surface area contributed by atoms with Crippen LogP contribution in [0.2, 0.25) is 0 Å². The van der Waals surface area contributed by atoms with Crippen LogP contribution in [0.1, 0.15) is 72.1 Å². The van der Waals surface area contributed by atoms with Gasteiger partial charge in [0.05, 0.1) is 24.5 Å². The van der Waals surface area contributed by atoms with E-state index in [1.54, 1.807) is 0 Å². The summed E-state index contributed by atoms with van der Waals surface area (Å²) in [6, 6.07) is 0. The van der Waals surface area contributed by atoms with Crippen molar-refractivity contribution in [2.24, 2.45) is 23.7 Å². The SMILES string of the molecule is CCCC(C)C(=O)OC1CCC=C2C=CC(C)C(CCC(O)CC(O)CC(=O)O)C21. The van der Waals surface area contributed by atoms with Crippen LogP contribution in [0.4, 0.5) is 0 Å². The molecule has 6 nitrogen and oxygen atoms in total. The topological polar surface area (TPSA) is 104 Å². The molecule has 0 fully saturated rings. The fourth-order valence-corrected chi connectivity index (χ4v) is 4.87. The zero-order chi connectivity index (χ0) is 22.3. The Kier molecular flexibility index (Phi) is 9.56. The maximum Gasteiger partial charge on any atom is 0.308 e. The van der Waals surface area contributed by atoms with Crippen LogP contribution in [-0.2, 0) is 14.3 Å². The molecule has 6 heteroatoms. The van der Waals surface area contributed by atoms with E-state index in [0.717, 1.165) is 32.1 Å². The van der Waals surface area contributed by atoms with Crippen LogP contribution in [-0.4, -0.2) is 45.6 Å². The van der Waals surface area contributed by atoms with Gasteiger partial charge in [0.1, 0.15) is 6.10 Å². The van der Waals surface area contributed by atoms with Gasteiger partial charge in [-0.05, 0) is 55.9 Å². The lowest BCUT2D eigenvalue weighted by Crippen LogP contribution is -2.40. The lowest BCUT2D eigenvalue weighted by atomic mass is 9.66. The van der Waals surface area contributed by atoms with Crippen molar-refractivity contribution in [2.75, 3.05) is 0 Å². The van der Waals surface area contributed by atoms with Gasteiger partial charge >= 0.3 is 11.9 Å². The summed E-state index contributed by atoms with van der Waals surface area (Å²) in [6.45, 7) is 6.13. The number of hydrogen-bond donors (Lipinski definition) is 3. The minimum Gasteiger partial charge on any atom is -0.481 e. The summed E-state index contributed by atoms with van der Waals surface area (Å²) < 4.78 is 5.99. The quantitative estimate of drug-likeness (QED) is 0.437. The number of carboxylic acids is 1. The van der Waals surface area contributed by atoms with Gasteiger partial charge in [-0.2, -0.15) is 0 Å². The maximum absolute atomic E-state index is 12.6. The molecule has 0 heterocycles. The standard InChI is InChI=1S/C24H38O6/c1-4-6-16(3)24(29)30-21-8-5-7-17-10-9-15(2)20(23(17)21)12-11-18(25)13-19(26)14-22(27)28/h7,9-10,15-16,18-21,23,25-26H,4-6,8,11-14H2,1-3H3,(H,27,28). The highest BCUT2D eigenvalue weighted by Gasteiger charge is 2.40. The molecule has 0 bridgehead atoms. The fraction of sp³-hybridized carbons (Fsp3) is 0.750. The van der Waals surface area contributed by atoms with Gasteiger partial charge in [0, 0.05) is 5.92 Å². The molecule has 2 aliphatic carbocycles. The van der Waals surface area contributed by atoms with E-state index < -0.39 is 18.2 Å². The summed E-state index contributed by atoms with van der Waals surface area (Å²) >= 11 is 0. The molecule has 0 saturated heterocycles. The molecule has 0 aromatic rings. The summed E-state index contributed by atoms with van der Waals surface area (Å²) in [5.74, 6) is -0.659. The van der Waals surface area contributed by atoms with Gasteiger partial charge in [-0.3, -0.25) is 9.59 Å². The Morgan fingerprint density at radius 1 is 1.23 bits per heavy atom. The highest BCUT2D eigenvalue weighted by atomic mass is 16.5. The van der Waals surface area contributed by atoms with E-state index in [0.29, 0.717) is 6.42 Å². The van der Waals surface area contributed by atoms with E-state index in [-0.39, 0.29) is 48.6 Å². The molecule has 7 unspecified atom stereocenters. The Labute approximate surface area is 180 Å². The van der Waals surface area contributed by atoms with Crippen molar-refractivity contribution in [1.82, 2.24) is 0 Å². The molecule has 2 rings (SSSR count). The van der Waals surface area contributed by atoms with Gasteiger partial charge in [-0.15, -0.1) is 0 Å². The molecule has 0 aliphatic heterocycles. The lowest BCUT2D eigenvalue weighted by molar-refractivity contribution is -0.158. The molecule has 2 aliphatic rings. The normalized spacial score (nSPS) is 28.8. The number of hydrogen-bond acceptors (Lipinski definition) is 5. The van der Waals surface area contributed by atoms with Gasteiger partial charge in [-0.25, -0.2) is 0 Å². The van der Waals surface area contributed by atoms with Gasteiger partial charge in [0.25, 0.3) is 0 Å². The minimum atomic E-state index is -1.07. The van der Waals surface area contributed by atoms with E-state index in [1.165, 1.54) is 5.57 Å². The van der Waals surface area contributed by atoms with Gasteiger partial charge in [0.2, 0.25) is 0 Å². The third-order valence-electron chi connectivity index (χ3n) is 6.52. The van der Waals surface area contributed by atoms with Crippen LogP contribution in [0.15, 0.2) is 23.8 Å². The molecule has 3 N–H and O–H groups in total. The number of carboxylic acid groups (broad SMARTS) is 1. The second kappa shape index (κ2) is 11.7. The van der Waals surface area contributed by atoms with Crippen molar-refractivity contribution in [1.29, 1.82) is 0 Å². The van der Waals surface area contributed by atoms with E-state index >= 15 is 0 Å². The molecule has 170 valence electrons. The summed E-state index contributed by atoms with van der Waals surface area (Å²) in [4.78, 5) is 23.3. The van der Waals surface area contributed by atoms with Crippen LogP contribution in [0.25, 0.3) is 0 Å². The van der Waals surface area contributed by atoms with Crippen LogP contribution < -0.4 is 0 Å². The van der Waals surface area contributed by atoms with E-state index in [1.807, 2.05) is 6.92 Å². The first kappa shape index (κ1) is 24.6. The lowest BCUT2D eigenvalue weighted by Gasteiger charge is -2.42. The number of esters is 1. The van der Waals surface area contributed by atoms with Crippen LogP contribution in [0, 0.1) is 23.7 Å². The maximum atomic E-state index is 12.6. The Hall–Kier alpha value is -1.66. The number of fused-ring (bicyclic) bond motifs is 1. The molecule has 7 atom stereocenters. The van der Waals surface area contributed by atoms with Gasteiger partial charge < -0.3 is 20.1 Å². The van der Waals surface area contributed by atoms with Crippen molar-refractivity contribution in [3.63, 3.8) is 0 Å². The Balaban J connectivity index is 2.03. The molecule has 0 radical (unpaired) electrons. The Morgan fingerprint density at radius 3 is 2.63 bits per heavy atom. The number of carbonyl (C=O) groups is 2. The molecular formula is C24H38O6. The zero-order valence-corrected chi connectivity index (χ0v) is 18.5. The molecular weight excluding hydrogens is 384 g/mol. The van der Waals surface area contributed by atoms with Crippen molar-refractivity contribution in [2.45, 2.75) is 90.4 Å². The minimum absolute atomic E-state index is 0.0591. The Morgan fingerprint density at radius 2 is 1.97 bits per heavy atom. The molecule has 0 saturated carbocycles. The summed E-state index contributed by atoms with van der Waals surface area (Å²) in [6.07, 6.45) is 9.01. The molecule has 0 aromatic carbocycles. The van der Waals surface area contributed by atoms with Crippen LogP contribution in [0.3, 0.4) is 0 Å². The average molecular weight is 423 g/mol. The number of aliphatic carboxylic acids is 1.